The Labute approximate surface area is 125 Å². The third kappa shape index (κ3) is 4.02. The first-order valence-electron chi connectivity index (χ1n) is 7.17. The molecular formula is C16H22N4O. The number of hydrogen-bond donors (Lipinski definition) is 2. The Bertz CT molecular complexity index is 553. The number of nitrogens with zero attached hydrogens (tertiary/aromatic N) is 2. The van der Waals surface area contributed by atoms with Gasteiger partial charge in [-0.3, -0.25) is 4.79 Å². The van der Waals surface area contributed by atoms with E-state index in [0.29, 0.717) is 11.3 Å². The molecule has 0 unspecified atom stereocenters. The maximum absolute atomic E-state index is 12.3. The standard InChI is InChI=1S/C16H22N4O/c1-15(2)7-13(8-16(3,4)20-15)19-14(21)11-5-6-12(9-17)18-10-11/h5-6,10,13,20H,7-8H2,1-4H3,(H,19,21). The van der Waals surface area contributed by atoms with Crippen LogP contribution in [0.15, 0.2) is 18.3 Å². The lowest BCUT2D eigenvalue weighted by Crippen LogP contribution is -2.62. The predicted octanol–water partition coefficient (Wildman–Crippen LogP) is 1.99. The van der Waals surface area contributed by atoms with Gasteiger partial charge in [-0.1, -0.05) is 0 Å². The molecule has 5 heteroatoms. The maximum Gasteiger partial charge on any atom is 0.253 e. The van der Waals surface area contributed by atoms with E-state index in [9.17, 15) is 4.79 Å². The molecule has 2 rings (SSSR count). The number of aromatic nitrogens is 1. The van der Waals surface area contributed by atoms with Crippen molar-refractivity contribution in [3.05, 3.63) is 29.6 Å². The Morgan fingerprint density at radius 1 is 1.33 bits per heavy atom. The van der Waals surface area contributed by atoms with E-state index in [1.165, 1.54) is 6.20 Å². The van der Waals surface area contributed by atoms with E-state index < -0.39 is 0 Å². The number of rotatable bonds is 2. The zero-order chi connectivity index (χ0) is 15.7. The van der Waals surface area contributed by atoms with Crippen LogP contribution in [0.5, 0.6) is 0 Å². The Morgan fingerprint density at radius 3 is 2.43 bits per heavy atom. The minimum Gasteiger partial charge on any atom is -0.349 e. The average Bonchev–Trinajstić information content (AvgIpc) is 2.35. The topological polar surface area (TPSA) is 77.8 Å². The van der Waals surface area contributed by atoms with Crippen molar-refractivity contribution in [2.75, 3.05) is 0 Å². The Hall–Kier alpha value is -1.93. The van der Waals surface area contributed by atoms with Crippen LogP contribution in [0.1, 0.15) is 56.6 Å². The van der Waals surface area contributed by atoms with Gasteiger partial charge in [0.2, 0.25) is 0 Å². The number of pyridine rings is 1. The van der Waals surface area contributed by atoms with Gasteiger partial charge in [0.1, 0.15) is 11.8 Å². The molecule has 0 aromatic carbocycles. The van der Waals surface area contributed by atoms with Crippen LogP contribution in [0, 0.1) is 11.3 Å². The highest BCUT2D eigenvalue weighted by Gasteiger charge is 2.38. The van der Waals surface area contributed by atoms with Crippen LogP contribution in [0.4, 0.5) is 0 Å². The summed E-state index contributed by atoms with van der Waals surface area (Å²) < 4.78 is 0. The van der Waals surface area contributed by atoms with Crippen LogP contribution >= 0.6 is 0 Å². The molecule has 5 nitrogen and oxygen atoms in total. The molecule has 21 heavy (non-hydrogen) atoms. The van der Waals surface area contributed by atoms with Crippen molar-refractivity contribution >= 4 is 5.91 Å². The first kappa shape index (κ1) is 15.5. The summed E-state index contributed by atoms with van der Waals surface area (Å²) in [5.41, 5.74) is 0.782. The van der Waals surface area contributed by atoms with Gasteiger partial charge in [-0.2, -0.15) is 5.26 Å². The molecule has 0 spiro atoms. The van der Waals surface area contributed by atoms with Crippen LogP contribution in [0.3, 0.4) is 0 Å². The van der Waals surface area contributed by atoms with Gasteiger partial charge in [0, 0.05) is 23.3 Å². The van der Waals surface area contributed by atoms with E-state index in [1.54, 1.807) is 12.1 Å². The lowest BCUT2D eigenvalue weighted by molar-refractivity contribution is 0.0873. The highest BCUT2D eigenvalue weighted by molar-refractivity contribution is 5.94. The molecule has 1 saturated heterocycles. The van der Waals surface area contributed by atoms with Crippen molar-refractivity contribution in [3.63, 3.8) is 0 Å². The molecule has 112 valence electrons. The minimum atomic E-state index is -0.134. The summed E-state index contributed by atoms with van der Waals surface area (Å²) in [7, 11) is 0. The lowest BCUT2D eigenvalue weighted by Gasteiger charge is -2.46. The molecule has 1 fully saturated rings. The Balaban J connectivity index is 2.06. The van der Waals surface area contributed by atoms with Gasteiger partial charge >= 0.3 is 0 Å². The average molecular weight is 286 g/mol. The largest absolute Gasteiger partial charge is 0.349 e. The van der Waals surface area contributed by atoms with Crippen molar-refractivity contribution in [2.24, 2.45) is 0 Å². The number of amides is 1. The highest BCUT2D eigenvalue weighted by atomic mass is 16.1. The number of nitriles is 1. The summed E-state index contributed by atoms with van der Waals surface area (Å²) >= 11 is 0. The van der Waals surface area contributed by atoms with Crippen LogP contribution < -0.4 is 10.6 Å². The van der Waals surface area contributed by atoms with Crippen LogP contribution in [-0.2, 0) is 0 Å². The third-order valence-electron chi connectivity index (χ3n) is 3.67. The van der Waals surface area contributed by atoms with E-state index in [1.807, 2.05) is 6.07 Å². The number of carbonyl (C=O) groups excluding carboxylic acids is 1. The molecule has 0 radical (unpaired) electrons. The van der Waals surface area contributed by atoms with Gasteiger partial charge in [0.25, 0.3) is 5.91 Å². The predicted molar refractivity (Wildman–Crippen MR) is 80.7 cm³/mol. The fourth-order valence-corrected chi connectivity index (χ4v) is 3.29. The lowest BCUT2D eigenvalue weighted by atomic mass is 9.79. The minimum absolute atomic E-state index is 0.0113. The molecule has 1 aliphatic rings. The van der Waals surface area contributed by atoms with Crippen molar-refractivity contribution in [3.8, 4) is 6.07 Å². The quantitative estimate of drug-likeness (QED) is 0.871. The summed E-state index contributed by atoms with van der Waals surface area (Å²) in [6, 6.07) is 5.27. The molecule has 0 saturated carbocycles. The Morgan fingerprint density at radius 2 is 1.95 bits per heavy atom. The van der Waals surface area contributed by atoms with Gasteiger partial charge < -0.3 is 10.6 Å². The van der Waals surface area contributed by atoms with Gasteiger partial charge in [0.15, 0.2) is 0 Å². The normalized spacial score (nSPS) is 20.5. The first-order valence-corrected chi connectivity index (χ1v) is 7.17. The summed E-state index contributed by atoms with van der Waals surface area (Å²) in [4.78, 5) is 16.2. The van der Waals surface area contributed by atoms with Crippen molar-refractivity contribution in [1.82, 2.24) is 15.6 Å². The van der Waals surface area contributed by atoms with Gasteiger partial charge in [-0.25, -0.2) is 4.98 Å². The second-order valence-electron chi connectivity index (χ2n) is 7.02. The van der Waals surface area contributed by atoms with Crippen molar-refractivity contribution in [2.45, 2.75) is 57.7 Å². The second-order valence-corrected chi connectivity index (χ2v) is 7.02. The monoisotopic (exact) mass is 286 g/mol. The fourth-order valence-electron chi connectivity index (χ4n) is 3.29. The van der Waals surface area contributed by atoms with E-state index in [2.05, 4.69) is 43.3 Å². The molecule has 1 aromatic rings. The number of hydrogen-bond acceptors (Lipinski definition) is 4. The second kappa shape index (κ2) is 5.45. The SMILES string of the molecule is CC1(C)CC(NC(=O)c2ccc(C#N)nc2)CC(C)(C)N1. The summed E-state index contributed by atoms with van der Waals surface area (Å²) in [6.45, 7) is 8.60. The Kier molecular flexibility index (Phi) is 4.02. The number of piperidine rings is 1. The third-order valence-corrected chi connectivity index (χ3v) is 3.67. The first-order chi connectivity index (χ1) is 9.71. The van der Waals surface area contributed by atoms with E-state index in [4.69, 9.17) is 5.26 Å². The molecular weight excluding hydrogens is 264 g/mol. The van der Waals surface area contributed by atoms with Gasteiger partial charge in [-0.15, -0.1) is 0 Å². The van der Waals surface area contributed by atoms with Crippen molar-refractivity contribution in [1.29, 1.82) is 5.26 Å². The molecule has 1 amide bonds. The summed E-state index contributed by atoms with van der Waals surface area (Å²) in [5.74, 6) is -0.134. The molecule has 0 bridgehead atoms. The van der Waals surface area contributed by atoms with Crippen LogP contribution in [0.2, 0.25) is 0 Å². The molecule has 2 heterocycles. The van der Waals surface area contributed by atoms with Crippen LogP contribution in [-0.4, -0.2) is 28.0 Å². The van der Waals surface area contributed by atoms with Gasteiger partial charge in [0.05, 0.1) is 5.56 Å². The fraction of sp³-hybridized carbons (Fsp3) is 0.562. The van der Waals surface area contributed by atoms with E-state index in [0.717, 1.165) is 12.8 Å². The van der Waals surface area contributed by atoms with Crippen LogP contribution in [0.25, 0.3) is 0 Å². The maximum atomic E-state index is 12.3. The molecule has 0 aliphatic carbocycles. The summed E-state index contributed by atoms with van der Waals surface area (Å²) in [5, 5.41) is 15.4. The zero-order valence-corrected chi connectivity index (χ0v) is 13.0. The zero-order valence-electron chi connectivity index (χ0n) is 13.0. The molecule has 1 aromatic heterocycles. The molecule has 1 aliphatic heterocycles. The molecule has 2 N–H and O–H groups in total. The van der Waals surface area contributed by atoms with E-state index in [-0.39, 0.29) is 23.0 Å². The number of carbonyl (C=O) groups is 1. The smallest absolute Gasteiger partial charge is 0.253 e. The molecule has 0 atom stereocenters. The summed E-state index contributed by atoms with van der Waals surface area (Å²) in [6.07, 6.45) is 3.21. The highest BCUT2D eigenvalue weighted by Crippen LogP contribution is 2.28. The van der Waals surface area contributed by atoms with Crippen molar-refractivity contribution < 1.29 is 4.79 Å². The van der Waals surface area contributed by atoms with E-state index >= 15 is 0 Å². The van der Waals surface area contributed by atoms with Gasteiger partial charge in [-0.05, 0) is 52.7 Å². The number of nitrogens with one attached hydrogen (secondary N) is 2.